The van der Waals surface area contributed by atoms with Crippen LogP contribution in [0.15, 0.2) is 57.9 Å². The molecule has 0 saturated heterocycles. The largest absolute Gasteiger partial charge is 0.299 e. The van der Waals surface area contributed by atoms with E-state index in [-0.39, 0.29) is 4.90 Å². The number of fused-ring (bicyclic) bond motifs is 1. The van der Waals surface area contributed by atoms with Gasteiger partial charge in [0, 0.05) is 24.1 Å². The molecule has 24 heavy (non-hydrogen) atoms. The van der Waals surface area contributed by atoms with E-state index in [0.717, 1.165) is 32.5 Å². The number of halogens is 1. The smallest absolute Gasteiger partial charge is 0.241 e. The van der Waals surface area contributed by atoms with Crippen LogP contribution in [-0.2, 0) is 23.0 Å². The van der Waals surface area contributed by atoms with Crippen LogP contribution >= 0.6 is 15.9 Å². The molecule has 6 heteroatoms. The van der Waals surface area contributed by atoms with Crippen LogP contribution in [-0.4, -0.2) is 33.0 Å². The van der Waals surface area contributed by atoms with Crippen molar-refractivity contribution >= 4 is 26.0 Å². The maximum Gasteiger partial charge on any atom is 0.241 e. The van der Waals surface area contributed by atoms with Crippen LogP contribution in [0.3, 0.4) is 0 Å². The minimum absolute atomic E-state index is 0.289. The van der Waals surface area contributed by atoms with E-state index in [1.165, 1.54) is 11.1 Å². The number of nitrogens with one attached hydrogen (secondary N) is 1. The maximum atomic E-state index is 12.3. The molecular weight excluding hydrogens is 388 g/mol. The highest BCUT2D eigenvalue weighted by Gasteiger charge is 2.18. The summed E-state index contributed by atoms with van der Waals surface area (Å²) in [6.07, 6.45) is 1.87. The molecule has 2 aromatic carbocycles. The van der Waals surface area contributed by atoms with Gasteiger partial charge in [0.05, 0.1) is 4.90 Å². The van der Waals surface area contributed by atoms with E-state index in [0.29, 0.717) is 11.0 Å². The number of benzene rings is 2. The van der Waals surface area contributed by atoms with Crippen molar-refractivity contribution < 1.29 is 8.42 Å². The van der Waals surface area contributed by atoms with Crippen molar-refractivity contribution in [3.05, 3.63) is 64.1 Å². The first-order chi connectivity index (χ1) is 11.6. The Labute approximate surface area is 152 Å². The van der Waals surface area contributed by atoms with Crippen molar-refractivity contribution in [2.45, 2.75) is 24.3 Å². The monoisotopic (exact) mass is 408 g/mol. The summed E-state index contributed by atoms with van der Waals surface area (Å²) in [6, 6.07) is 15.4. The number of sulfonamides is 1. The third-order valence-electron chi connectivity index (χ3n) is 4.28. The minimum Gasteiger partial charge on any atom is -0.299 e. The lowest BCUT2D eigenvalue weighted by molar-refractivity contribution is 0.251. The van der Waals surface area contributed by atoms with Gasteiger partial charge in [0.2, 0.25) is 10.0 Å². The molecule has 0 aliphatic carbocycles. The van der Waals surface area contributed by atoms with Gasteiger partial charge in [-0.3, -0.25) is 4.90 Å². The van der Waals surface area contributed by atoms with E-state index in [1.54, 1.807) is 24.3 Å². The van der Waals surface area contributed by atoms with E-state index in [4.69, 9.17) is 0 Å². The Hall–Kier alpha value is -1.21. The second kappa shape index (κ2) is 7.78. The third kappa shape index (κ3) is 4.25. The van der Waals surface area contributed by atoms with E-state index in [9.17, 15) is 8.42 Å². The first-order valence-electron chi connectivity index (χ1n) is 8.09. The van der Waals surface area contributed by atoms with Crippen molar-refractivity contribution in [2.24, 2.45) is 0 Å². The van der Waals surface area contributed by atoms with Crippen molar-refractivity contribution in [1.82, 2.24) is 9.62 Å². The Morgan fingerprint density at radius 1 is 1.04 bits per heavy atom. The highest BCUT2D eigenvalue weighted by molar-refractivity contribution is 9.10. The number of hydrogen-bond acceptors (Lipinski definition) is 3. The second-order valence-corrected chi connectivity index (χ2v) is 8.57. The van der Waals surface area contributed by atoms with Gasteiger partial charge < -0.3 is 0 Å². The first-order valence-corrected chi connectivity index (χ1v) is 10.4. The highest BCUT2D eigenvalue weighted by atomic mass is 79.9. The fourth-order valence-corrected chi connectivity index (χ4v) is 5.07. The van der Waals surface area contributed by atoms with Gasteiger partial charge in [-0.1, -0.05) is 36.4 Å². The Morgan fingerprint density at radius 3 is 2.54 bits per heavy atom. The molecule has 128 valence electrons. The molecular formula is C18H21BrN2O2S. The molecule has 1 N–H and O–H groups in total. The summed E-state index contributed by atoms with van der Waals surface area (Å²) in [7, 11) is -3.46. The Balaban J connectivity index is 1.49. The summed E-state index contributed by atoms with van der Waals surface area (Å²) < 4.78 is 27.9. The lowest BCUT2D eigenvalue weighted by Crippen LogP contribution is -2.33. The zero-order valence-electron chi connectivity index (χ0n) is 13.4. The Kier molecular flexibility index (Phi) is 5.71. The van der Waals surface area contributed by atoms with Gasteiger partial charge in [0.15, 0.2) is 0 Å². The van der Waals surface area contributed by atoms with Crippen LogP contribution in [0.25, 0.3) is 0 Å². The summed E-state index contributed by atoms with van der Waals surface area (Å²) in [4.78, 5) is 2.67. The molecule has 0 spiro atoms. The fraction of sp³-hybridized carbons (Fsp3) is 0.333. The summed E-state index contributed by atoms with van der Waals surface area (Å²) in [5, 5.41) is 0. The van der Waals surface area contributed by atoms with Crippen LogP contribution in [0.4, 0.5) is 0 Å². The average molecular weight is 409 g/mol. The number of hydrogen-bond donors (Lipinski definition) is 1. The molecule has 1 aliphatic rings. The van der Waals surface area contributed by atoms with Crippen molar-refractivity contribution in [2.75, 3.05) is 19.6 Å². The summed E-state index contributed by atoms with van der Waals surface area (Å²) >= 11 is 3.29. The van der Waals surface area contributed by atoms with Gasteiger partial charge in [-0.2, -0.15) is 0 Å². The van der Waals surface area contributed by atoms with E-state index in [1.807, 2.05) is 0 Å². The molecule has 4 nitrogen and oxygen atoms in total. The molecule has 1 heterocycles. The fourth-order valence-electron chi connectivity index (χ4n) is 2.99. The Morgan fingerprint density at radius 2 is 1.75 bits per heavy atom. The van der Waals surface area contributed by atoms with Crippen LogP contribution in [0.1, 0.15) is 17.5 Å². The Bertz CT molecular complexity index is 808. The zero-order chi connectivity index (χ0) is 17.0. The summed E-state index contributed by atoms with van der Waals surface area (Å²) in [6.45, 7) is 3.33. The quantitative estimate of drug-likeness (QED) is 0.746. The minimum atomic E-state index is -3.46. The van der Waals surface area contributed by atoms with Crippen LogP contribution in [0, 0.1) is 0 Å². The molecule has 3 rings (SSSR count). The molecule has 0 atom stereocenters. The molecule has 0 fully saturated rings. The standard InChI is InChI=1S/C18H21BrN2O2S/c19-17-8-3-4-9-18(17)24(22,23)20-11-5-12-21-13-10-15-6-1-2-7-16(15)14-21/h1-4,6-9,20H,5,10-14H2. The molecule has 0 radical (unpaired) electrons. The van der Waals surface area contributed by atoms with E-state index >= 15 is 0 Å². The summed E-state index contributed by atoms with van der Waals surface area (Å²) in [5.41, 5.74) is 2.82. The summed E-state index contributed by atoms with van der Waals surface area (Å²) in [5.74, 6) is 0. The number of nitrogens with zero attached hydrogens (tertiary/aromatic N) is 1. The topological polar surface area (TPSA) is 49.4 Å². The SMILES string of the molecule is O=S(=O)(NCCCN1CCc2ccccc2C1)c1ccccc1Br. The maximum absolute atomic E-state index is 12.3. The predicted octanol–water partition coefficient (Wildman–Crippen LogP) is 3.18. The van der Waals surface area contributed by atoms with Gasteiger partial charge in [-0.15, -0.1) is 0 Å². The zero-order valence-corrected chi connectivity index (χ0v) is 15.8. The van der Waals surface area contributed by atoms with E-state index in [2.05, 4.69) is 49.8 Å². The van der Waals surface area contributed by atoms with Crippen molar-refractivity contribution in [3.63, 3.8) is 0 Å². The highest BCUT2D eigenvalue weighted by Crippen LogP contribution is 2.21. The van der Waals surface area contributed by atoms with Gasteiger partial charge >= 0.3 is 0 Å². The molecule has 0 amide bonds. The van der Waals surface area contributed by atoms with Crippen LogP contribution in [0.5, 0.6) is 0 Å². The van der Waals surface area contributed by atoms with Crippen LogP contribution in [0.2, 0.25) is 0 Å². The molecule has 1 aliphatic heterocycles. The van der Waals surface area contributed by atoms with E-state index < -0.39 is 10.0 Å². The predicted molar refractivity (Wildman–Crippen MR) is 99.4 cm³/mol. The van der Waals surface area contributed by atoms with Gasteiger partial charge in [0.25, 0.3) is 0 Å². The van der Waals surface area contributed by atoms with Gasteiger partial charge in [0.1, 0.15) is 0 Å². The van der Waals surface area contributed by atoms with Gasteiger partial charge in [-0.25, -0.2) is 13.1 Å². The normalized spacial score (nSPS) is 15.2. The lowest BCUT2D eigenvalue weighted by Gasteiger charge is -2.28. The van der Waals surface area contributed by atoms with Crippen LogP contribution < -0.4 is 4.72 Å². The number of rotatable bonds is 6. The molecule has 0 saturated carbocycles. The lowest BCUT2D eigenvalue weighted by atomic mass is 10.00. The van der Waals surface area contributed by atoms with Crippen molar-refractivity contribution in [1.29, 1.82) is 0 Å². The molecule has 0 bridgehead atoms. The average Bonchev–Trinajstić information content (AvgIpc) is 2.59. The third-order valence-corrected chi connectivity index (χ3v) is 6.75. The second-order valence-electron chi connectivity index (χ2n) is 5.98. The molecule has 2 aromatic rings. The van der Waals surface area contributed by atoms with Gasteiger partial charge in [-0.05, 0) is 58.6 Å². The molecule has 0 unspecified atom stereocenters. The first kappa shape index (κ1) is 17.6. The van der Waals surface area contributed by atoms with Crippen molar-refractivity contribution in [3.8, 4) is 0 Å². The molecule has 0 aromatic heterocycles.